The van der Waals surface area contributed by atoms with E-state index in [2.05, 4.69) is 4.98 Å². The molecule has 1 aliphatic rings. The van der Waals surface area contributed by atoms with Gasteiger partial charge in [0.2, 0.25) is 5.88 Å². The zero-order chi connectivity index (χ0) is 11.4. The largest absolute Gasteiger partial charge is 0.477 e. The predicted molar refractivity (Wildman–Crippen MR) is 55.6 cm³/mol. The highest BCUT2D eigenvalue weighted by Crippen LogP contribution is 2.15. The van der Waals surface area contributed by atoms with E-state index in [9.17, 15) is 4.79 Å². The van der Waals surface area contributed by atoms with Gasteiger partial charge in [-0.1, -0.05) is 6.07 Å². The molecule has 0 aromatic carbocycles. The number of hydrogen-bond acceptors (Lipinski definition) is 4. The lowest BCUT2D eigenvalue weighted by molar-refractivity contribution is 0.0688. The molecule has 0 spiro atoms. The van der Waals surface area contributed by atoms with Crippen LogP contribution in [0.4, 0.5) is 0 Å². The van der Waals surface area contributed by atoms with Crippen LogP contribution in [0.15, 0.2) is 18.2 Å². The van der Waals surface area contributed by atoms with Gasteiger partial charge in [-0.3, -0.25) is 0 Å². The van der Waals surface area contributed by atoms with Gasteiger partial charge in [-0.2, -0.15) is 0 Å². The van der Waals surface area contributed by atoms with Gasteiger partial charge >= 0.3 is 5.97 Å². The highest BCUT2D eigenvalue weighted by molar-refractivity contribution is 5.85. The summed E-state index contributed by atoms with van der Waals surface area (Å²) in [5, 5.41) is 8.75. The van der Waals surface area contributed by atoms with E-state index < -0.39 is 5.97 Å². The first-order valence-electron chi connectivity index (χ1n) is 5.16. The summed E-state index contributed by atoms with van der Waals surface area (Å²) in [6.07, 6.45) is 0.985. The van der Waals surface area contributed by atoms with Crippen molar-refractivity contribution in [3.8, 4) is 5.88 Å². The average Bonchev–Trinajstić information content (AvgIpc) is 2.79. The minimum absolute atomic E-state index is 0.000159. The number of aromatic carboxylic acids is 1. The fourth-order valence-electron chi connectivity index (χ4n) is 1.53. The Hall–Kier alpha value is -1.62. The third-order valence-electron chi connectivity index (χ3n) is 2.43. The molecule has 0 bridgehead atoms. The van der Waals surface area contributed by atoms with E-state index in [1.165, 1.54) is 6.07 Å². The van der Waals surface area contributed by atoms with Crippen LogP contribution < -0.4 is 4.74 Å². The lowest BCUT2D eigenvalue weighted by atomic mass is 10.1. The molecule has 5 heteroatoms. The molecule has 1 N–H and O–H groups in total. The summed E-state index contributed by atoms with van der Waals surface area (Å²) in [4.78, 5) is 14.5. The monoisotopic (exact) mass is 223 g/mol. The Morgan fingerprint density at radius 1 is 1.62 bits per heavy atom. The van der Waals surface area contributed by atoms with Gasteiger partial charge in [-0.15, -0.1) is 0 Å². The minimum Gasteiger partial charge on any atom is -0.477 e. The second-order valence-electron chi connectivity index (χ2n) is 3.71. The summed E-state index contributed by atoms with van der Waals surface area (Å²) in [5.41, 5.74) is 0.000159. The van der Waals surface area contributed by atoms with Gasteiger partial charge in [0, 0.05) is 18.6 Å². The molecule has 1 atom stereocenters. The van der Waals surface area contributed by atoms with Crippen LogP contribution in [0.2, 0.25) is 0 Å². The quantitative estimate of drug-likeness (QED) is 0.830. The Kier molecular flexibility index (Phi) is 3.36. The van der Waals surface area contributed by atoms with E-state index in [1.54, 1.807) is 12.1 Å². The van der Waals surface area contributed by atoms with Crippen molar-refractivity contribution in [2.75, 3.05) is 19.8 Å². The van der Waals surface area contributed by atoms with Gasteiger partial charge in [0.15, 0.2) is 5.69 Å². The van der Waals surface area contributed by atoms with E-state index in [0.29, 0.717) is 25.0 Å². The average molecular weight is 223 g/mol. The van der Waals surface area contributed by atoms with Gasteiger partial charge in [-0.05, 0) is 12.5 Å². The fraction of sp³-hybridized carbons (Fsp3) is 0.455. The second-order valence-corrected chi connectivity index (χ2v) is 3.71. The number of pyridine rings is 1. The maximum atomic E-state index is 10.7. The topological polar surface area (TPSA) is 68.7 Å². The van der Waals surface area contributed by atoms with Gasteiger partial charge in [0.1, 0.15) is 0 Å². The molecule has 1 aromatic heterocycles. The van der Waals surface area contributed by atoms with E-state index in [-0.39, 0.29) is 5.69 Å². The smallest absolute Gasteiger partial charge is 0.354 e. The van der Waals surface area contributed by atoms with E-state index in [4.69, 9.17) is 14.6 Å². The highest BCUT2D eigenvalue weighted by atomic mass is 16.5. The molecule has 1 aliphatic heterocycles. The SMILES string of the molecule is O=C(O)c1cccc(OCC2CCOC2)n1. The first kappa shape index (κ1) is 10.9. The van der Waals surface area contributed by atoms with E-state index >= 15 is 0 Å². The van der Waals surface area contributed by atoms with Crippen molar-refractivity contribution >= 4 is 5.97 Å². The van der Waals surface area contributed by atoms with Crippen LogP contribution >= 0.6 is 0 Å². The zero-order valence-corrected chi connectivity index (χ0v) is 8.76. The van der Waals surface area contributed by atoms with Gasteiger partial charge < -0.3 is 14.6 Å². The van der Waals surface area contributed by atoms with Crippen molar-refractivity contribution in [3.63, 3.8) is 0 Å². The molecule has 1 saturated heterocycles. The van der Waals surface area contributed by atoms with Crippen LogP contribution in [-0.2, 0) is 4.74 Å². The molecule has 2 heterocycles. The van der Waals surface area contributed by atoms with Crippen LogP contribution in [0.5, 0.6) is 5.88 Å². The summed E-state index contributed by atoms with van der Waals surface area (Å²) in [6.45, 7) is 2.01. The summed E-state index contributed by atoms with van der Waals surface area (Å²) in [6, 6.07) is 4.72. The number of ether oxygens (including phenoxy) is 2. The molecular weight excluding hydrogens is 210 g/mol. The lowest BCUT2D eigenvalue weighted by Crippen LogP contribution is -2.13. The molecule has 0 amide bonds. The maximum Gasteiger partial charge on any atom is 0.354 e. The molecule has 1 aromatic rings. The molecule has 2 rings (SSSR count). The number of nitrogens with zero attached hydrogens (tertiary/aromatic N) is 1. The van der Waals surface area contributed by atoms with E-state index in [0.717, 1.165) is 13.0 Å². The molecule has 16 heavy (non-hydrogen) atoms. The fourth-order valence-corrected chi connectivity index (χ4v) is 1.53. The summed E-state index contributed by atoms with van der Waals surface area (Å²) in [5.74, 6) is -0.309. The minimum atomic E-state index is -1.05. The van der Waals surface area contributed by atoms with Crippen molar-refractivity contribution in [1.82, 2.24) is 4.98 Å². The molecular formula is C11H13NO4. The molecule has 1 unspecified atom stereocenters. The Morgan fingerprint density at radius 2 is 2.50 bits per heavy atom. The van der Waals surface area contributed by atoms with Crippen LogP contribution in [0, 0.1) is 5.92 Å². The first-order valence-corrected chi connectivity index (χ1v) is 5.16. The summed E-state index contributed by atoms with van der Waals surface area (Å²) >= 11 is 0. The Balaban J connectivity index is 1.93. The highest BCUT2D eigenvalue weighted by Gasteiger charge is 2.16. The van der Waals surface area contributed by atoms with Crippen LogP contribution in [0.3, 0.4) is 0 Å². The van der Waals surface area contributed by atoms with Crippen LogP contribution in [0.25, 0.3) is 0 Å². The number of rotatable bonds is 4. The molecule has 5 nitrogen and oxygen atoms in total. The van der Waals surface area contributed by atoms with Crippen molar-refractivity contribution in [1.29, 1.82) is 0 Å². The van der Waals surface area contributed by atoms with Crippen LogP contribution in [0.1, 0.15) is 16.9 Å². The Bertz CT molecular complexity index is 374. The van der Waals surface area contributed by atoms with Crippen molar-refractivity contribution in [2.24, 2.45) is 5.92 Å². The van der Waals surface area contributed by atoms with Crippen molar-refractivity contribution in [3.05, 3.63) is 23.9 Å². The predicted octanol–water partition coefficient (Wildman–Crippen LogP) is 1.20. The normalized spacial score (nSPS) is 19.6. The van der Waals surface area contributed by atoms with E-state index in [1.807, 2.05) is 0 Å². The van der Waals surface area contributed by atoms with Gasteiger partial charge in [0.25, 0.3) is 0 Å². The maximum absolute atomic E-state index is 10.7. The number of carboxylic acid groups (broad SMARTS) is 1. The number of carbonyl (C=O) groups is 1. The molecule has 0 saturated carbocycles. The molecule has 0 radical (unpaired) electrons. The van der Waals surface area contributed by atoms with Crippen molar-refractivity contribution in [2.45, 2.75) is 6.42 Å². The molecule has 0 aliphatic carbocycles. The number of aromatic nitrogens is 1. The first-order chi connectivity index (χ1) is 7.75. The molecule has 1 fully saturated rings. The third-order valence-corrected chi connectivity index (χ3v) is 2.43. The third kappa shape index (κ3) is 2.70. The summed E-state index contributed by atoms with van der Waals surface area (Å²) < 4.78 is 10.6. The zero-order valence-electron chi connectivity index (χ0n) is 8.76. The van der Waals surface area contributed by atoms with Gasteiger partial charge in [0.05, 0.1) is 13.2 Å². The Labute approximate surface area is 93.0 Å². The molecule has 86 valence electrons. The van der Waals surface area contributed by atoms with Crippen molar-refractivity contribution < 1.29 is 19.4 Å². The Morgan fingerprint density at radius 3 is 3.19 bits per heavy atom. The summed E-state index contributed by atoms with van der Waals surface area (Å²) in [7, 11) is 0. The lowest BCUT2D eigenvalue weighted by Gasteiger charge is -2.09. The second kappa shape index (κ2) is 4.94. The number of carboxylic acids is 1. The number of hydrogen-bond donors (Lipinski definition) is 1. The van der Waals surface area contributed by atoms with Gasteiger partial charge in [-0.25, -0.2) is 9.78 Å². The standard InChI is InChI=1S/C11H13NO4/c13-11(14)9-2-1-3-10(12-9)16-7-8-4-5-15-6-8/h1-3,8H,4-7H2,(H,13,14). The van der Waals surface area contributed by atoms with Crippen LogP contribution in [-0.4, -0.2) is 35.9 Å².